The van der Waals surface area contributed by atoms with E-state index in [1.165, 1.54) is 10.8 Å². The van der Waals surface area contributed by atoms with Crippen LogP contribution in [-0.2, 0) is 6.54 Å². The summed E-state index contributed by atoms with van der Waals surface area (Å²) in [5.41, 5.74) is 2.34. The van der Waals surface area contributed by atoms with Crippen molar-refractivity contribution < 1.29 is 9.53 Å². The fourth-order valence-electron chi connectivity index (χ4n) is 3.83. The lowest BCUT2D eigenvalue weighted by molar-refractivity contribution is 0.150. The van der Waals surface area contributed by atoms with Crippen molar-refractivity contribution in [1.29, 1.82) is 0 Å². The Hall–Kier alpha value is -3.81. The smallest absolute Gasteiger partial charge is 0.347 e. The molecule has 0 radical (unpaired) electrons. The number of carbonyl (C=O) groups excluding carboxylic acids is 1. The summed E-state index contributed by atoms with van der Waals surface area (Å²) in [7, 11) is 1.76. The van der Waals surface area contributed by atoms with Gasteiger partial charge in [0.15, 0.2) is 0 Å². The maximum Gasteiger partial charge on any atom is 0.347 e. The number of anilines is 2. The molecule has 8 heteroatoms. The standard InChI is InChI=1S/C24H27N5O3/c1-3-28-17-20(32-22-11-5-4-10-21(22)28)16-27(2)24(31)26-19-9-6-8-18(14-19)15-29-13-7-12-25-23(29)30/h4-14,20H,3,15-17H2,1-2H3,(H,26,31)/t20-/m1/s1. The third kappa shape index (κ3) is 4.91. The van der Waals surface area contributed by atoms with E-state index in [-0.39, 0.29) is 17.8 Å². The first-order chi connectivity index (χ1) is 15.5. The second-order valence-corrected chi connectivity index (χ2v) is 7.79. The molecule has 0 unspecified atom stereocenters. The maximum absolute atomic E-state index is 12.8. The van der Waals surface area contributed by atoms with Gasteiger partial charge in [-0.05, 0) is 42.8 Å². The molecule has 0 saturated carbocycles. The Morgan fingerprint density at radius 3 is 2.88 bits per heavy atom. The number of ether oxygens (including phenoxy) is 1. The zero-order valence-electron chi connectivity index (χ0n) is 18.3. The van der Waals surface area contributed by atoms with Crippen LogP contribution >= 0.6 is 0 Å². The molecule has 1 aliphatic rings. The Labute approximate surface area is 187 Å². The minimum atomic E-state index is -0.308. The summed E-state index contributed by atoms with van der Waals surface area (Å²) < 4.78 is 7.65. The van der Waals surface area contributed by atoms with E-state index in [9.17, 15) is 9.59 Å². The fraction of sp³-hybridized carbons (Fsp3) is 0.292. The van der Waals surface area contributed by atoms with Crippen LogP contribution in [0.15, 0.2) is 71.8 Å². The molecule has 0 aliphatic carbocycles. The Bertz CT molecular complexity index is 1150. The van der Waals surface area contributed by atoms with E-state index >= 15 is 0 Å². The molecule has 2 heterocycles. The molecule has 1 aromatic heterocycles. The van der Waals surface area contributed by atoms with E-state index < -0.39 is 0 Å². The van der Waals surface area contributed by atoms with Gasteiger partial charge < -0.3 is 19.9 Å². The average Bonchev–Trinajstić information content (AvgIpc) is 2.80. The molecule has 4 rings (SSSR count). The molecule has 1 atom stereocenters. The van der Waals surface area contributed by atoms with Gasteiger partial charge in [0.2, 0.25) is 0 Å². The molecule has 0 bridgehead atoms. The van der Waals surface area contributed by atoms with Crippen LogP contribution in [0, 0.1) is 0 Å². The molecular weight excluding hydrogens is 406 g/mol. The van der Waals surface area contributed by atoms with Crippen LogP contribution in [0.25, 0.3) is 0 Å². The van der Waals surface area contributed by atoms with Crippen LogP contribution in [0.4, 0.5) is 16.2 Å². The topological polar surface area (TPSA) is 79.7 Å². The third-order valence-electron chi connectivity index (χ3n) is 5.44. The van der Waals surface area contributed by atoms with Gasteiger partial charge in [-0.3, -0.25) is 4.57 Å². The van der Waals surface area contributed by atoms with E-state index in [1.807, 2.05) is 42.5 Å². The summed E-state index contributed by atoms with van der Waals surface area (Å²) in [5.74, 6) is 0.845. The predicted molar refractivity (Wildman–Crippen MR) is 124 cm³/mol. The molecule has 0 saturated heterocycles. The monoisotopic (exact) mass is 433 g/mol. The second-order valence-electron chi connectivity index (χ2n) is 7.79. The number of nitrogens with zero attached hydrogens (tertiary/aromatic N) is 4. The minimum Gasteiger partial charge on any atom is -0.485 e. The lowest BCUT2D eigenvalue weighted by Gasteiger charge is -2.37. The van der Waals surface area contributed by atoms with Gasteiger partial charge in [-0.15, -0.1) is 0 Å². The van der Waals surface area contributed by atoms with E-state index in [2.05, 4.69) is 28.2 Å². The first-order valence-electron chi connectivity index (χ1n) is 10.7. The van der Waals surface area contributed by atoms with Gasteiger partial charge in [0, 0.05) is 31.7 Å². The number of hydrogen-bond acceptors (Lipinski definition) is 5. The summed E-state index contributed by atoms with van der Waals surface area (Å²) in [5, 5.41) is 2.93. The lowest BCUT2D eigenvalue weighted by Crippen LogP contribution is -2.47. The highest BCUT2D eigenvalue weighted by atomic mass is 16.5. The maximum atomic E-state index is 12.8. The van der Waals surface area contributed by atoms with Crippen molar-refractivity contribution in [2.45, 2.75) is 19.6 Å². The zero-order chi connectivity index (χ0) is 22.5. The molecule has 2 aromatic carbocycles. The van der Waals surface area contributed by atoms with Gasteiger partial charge >= 0.3 is 11.7 Å². The van der Waals surface area contributed by atoms with Crippen molar-refractivity contribution in [3.05, 3.63) is 83.0 Å². The molecule has 1 aliphatic heterocycles. The number of likely N-dealkylation sites (N-methyl/N-ethyl adjacent to an activating group) is 2. The molecule has 8 nitrogen and oxygen atoms in total. The van der Waals surface area contributed by atoms with Gasteiger partial charge in [-0.25, -0.2) is 14.6 Å². The van der Waals surface area contributed by atoms with Gasteiger partial charge in [-0.1, -0.05) is 24.3 Å². The number of para-hydroxylation sites is 2. The Kier molecular flexibility index (Phi) is 6.39. The third-order valence-corrected chi connectivity index (χ3v) is 5.44. The summed E-state index contributed by atoms with van der Waals surface area (Å²) in [4.78, 5) is 32.3. The van der Waals surface area contributed by atoms with Crippen molar-refractivity contribution in [2.75, 3.05) is 36.9 Å². The molecule has 1 N–H and O–H groups in total. The largest absolute Gasteiger partial charge is 0.485 e. The molecule has 32 heavy (non-hydrogen) atoms. The van der Waals surface area contributed by atoms with Crippen molar-refractivity contribution in [2.24, 2.45) is 0 Å². The summed E-state index contributed by atoms with van der Waals surface area (Å²) >= 11 is 0. The Morgan fingerprint density at radius 2 is 2.06 bits per heavy atom. The second kappa shape index (κ2) is 9.55. The molecule has 0 fully saturated rings. The fourth-order valence-corrected chi connectivity index (χ4v) is 3.83. The van der Waals surface area contributed by atoms with Crippen LogP contribution < -0.4 is 20.6 Å². The first-order valence-corrected chi connectivity index (χ1v) is 10.7. The molecule has 0 spiro atoms. The van der Waals surface area contributed by atoms with Crippen LogP contribution in [0.1, 0.15) is 12.5 Å². The Balaban J connectivity index is 1.38. The number of benzene rings is 2. The molecule has 3 aromatic rings. The number of carbonyl (C=O) groups is 1. The number of hydrogen-bond donors (Lipinski definition) is 1. The highest BCUT2D eigenvalue weighted by Gasteiger charge is 2.26. The zero-order valence-corrected chi connectivity index (χ0v) is 18.3. The van der Waals surface area contributed by atoms with E-state index in [0.717, 1.165) is 30.1 Å². The summed E-state index contributed by atoms with van der Waals surface area (Å²) in [6, 6.07) is 16.9. The van der Waals surface area contributed by atoms with Crippen LogP contribution in [-0.4, -0.2) is 53.3 Å². The van der Waals surface area contributed by atoms with Crippen LogP contribution in [0.2, 0.25) is 0 Å². The lowest BCUT2D eigenvalue weighted by atomic mass is 10.2. The van der Waals surface area contributed by atoms with Crippen molar-refractivity contribution in [3.63, 3.8) is 0 Å². The number of rotatable bonds is 6. The van der Waals surface area contributed by atoms with E-state index in [1.54, 1.807) is 24.2 Å². The minimum absolute atomic E-state index is 0.121. The number of urea groups is 1. The van der Waals surface area contributed by atoms with Crippen molar-refractivity contribution in [1.82, 2.24) is 14.5 Å². The highest BCUT2D eigenvalue weighted by molar-refractivity contribution is 5.89. The molecule has 166 valence electrons. The summed E-state index contributed by atoms with van der Waals surface area (Å²) in [6.45, 7) is 4.55. The van der Waals surface area contributed by atoms with Gasteiger partial charge in [-0.2, -0.15) is 0 Å². The van der Waals surface area contributed by atoms with Gasteiger partial charge in [0.05, 0.1) is 25.3 Å². The van der Waals surface area contributed by atoms with E-state index in [4.69, 9.17) is 4.74 Å². The van der Waals surface area contributed by atoms with Crippen LogP contribution in [0.5, 0.6) is 5.75 Å². The van der Waals surface area contributed by atoms with Gasteiger partial charge in [0.1, 0.15) is 11.9 Å². The predicted octanol–water partition coefficient (Wildman–Crippen LogP) is 3.04. The quantitative estimate of drug-likeness (QED) is 0.646. The molecule has 2 amide bonds. The Morgan fingerprint density at radius 1 is 1.22 bits per heavy atom. The van der Waals surface area contributed by atoms with Crippen LogP contribution in [0.3, 0.4) is 0 Å². The summed E-state index contributed by atoms with van der Waals surface area (Å²) in [6.07, 6.45) is 3.04. The van der Waals surface area contributed by atoms with Crippen molar-refractivity contribution >= 4 is 17.4 Å². The number of aromatic nitrogens is 2. The van der Waals surface area contributed by atoms with E-state index in [0.29, 0.717) is 18.8 Å². The van der Waals surface area contributed by atoms with Gasteiger partial charge in [0.25, 0.3) is 0 Å². The number of fused-ring (bicyclic) bond motifs is 1. The average molecular weight is 434 g/mol. The number of nitrogens with one attached hydrogen (secondary N) is 1. The molecular formula is C24H27N5O3. The normalized spacial score (nSPS) is 14.9. The number of amides is 2. The first kappa shape index (κ1) is 21.4. The SMILES string of the molecule is CCN1C[C@@H](CN(C)C(=O)Nc2cccc(Cn3cccnc3=O)c2)Oc2ccccc21. The highest BCUT2D eigenvalue weighted by Crippen LogP contribution is 2.32. The van der Waals surface area contributed by atoms with Crippen molar-refractivity contribution in [3.8, 4) is 5.75 Å².